The van der Waals surface area contributed by atoms with Gasteiger partial charge in [0.2, 0.25) is 5.69 Å². The minimum Gasteiger partial charge on any atom is -0.455 e. The van der Waals surface area contributed by atoms with Crippen LogP contribution in [0.15, 0.2) is 42.6 Å². The Labute approximate surface area is 197 Å². The third kappa shape index (κ3) is 3.10. The average molecular weight is 437 g/mol. The maximum absolute atomic E-state index is 6.81. The molecular formula is C31H34NO+. The zero-order chi connectivity index (χ0) is 23.1. The molecule has 2 heterocycles. The topological polar surface area (TPSA) is 13.1 Å². The Hall–Kier alpha value is -2.87. The molecule has 0 saturated heterocycles. The lowest BCUT2D eigenvalue weighted by Gasteiger charge is -2.35. The summed E-state index contributed by atoms with van der Waals surface area (Å²) in [4.78, 5) is 0. The molecule has 168 valence electrons. The first-order valence-electron chi connectivity index (χ1n) is 12.4. The van der Waals surface area contributed by atoms with Gasteiger partial charge in [-0.25, -0.2) is 4.57 Å². The fourth-order valence-corrected chi connectivity index (χ4v) is 6.27. The van der Waals surface area contributed by atoms with Crippen molar-refractivity contribution in [2.24, 2.45) is 12.5 Å². The van der Waals surface area contributed by atoms with E-state index < -0.39 is 0 Å². The number of hydrogen-bond acceptors (Lipinski definition) is 1. The highest BCUT2D eigenvalue weighted by molar-refractivity contribution is 6.06. The second-order valence-electron chi connectivity index (χ2n) is 11.3. The monoisotopic (exact) mass is 436 g/mol. The van der Waals surface area contributed by atoms with Gasteiger partial charge in [-0.3, -0.25) is 0 Å². The molecular weight excluding hydrogens is 402 g/mol. The van der Waals surface area contributed by atoms with Gasteiger partial charge in [0.05, 0.1) is 10.9 Å². The lowest BCUT2D eigenvalue weighted by Crippen LogP contribution is -2.32. The molecule has 2 nitrogen and oxygen atoms in total. The third-order valence-corrected chi connectivity index (χ3v) is 8.41. The molecule has 4 aromatic rings. The van der Waals surface area contributed by atoms with Gasteiger partial charge in [0, 0.05) is 11.6 Å². The fraction of sp³-hybridized carbons (Fsp3) is 0.387. The summed E-state index contributed by atoms with van der Waals surface area (Å²) in [5, 5.41) is 5.17. The first-order chi connectivity index (χ1) is 15.7. The average Bonchev–Trinajstić information content (AvgIpc) is 2.79. The lowest BCUT2D eigenvalue weighted by atomic mass is 9.71. The van der Waals surface area contributed by atoms with Gasteiger partial charge in [0.15, 0.2) is 6.20 Å². The number of fused-ring (bicyclic) bond motifs is 3. The van der Waals surface area contributed by atoms with Gasteiger partial charge in [-0.15, -0.1) is 0 Å². The van der Waals surface area contributed by atoms with Crippen LogP contribution in [0.1, 0.15) is 67.7 Å². The SMILES string of the molecule is Cc1ccc2c(C)c3c(c(C)c2c1)-c1c2c(cc(C4CCC(C)(C)CC4)cc2cc[n+]1C)O3. The van der Waals surface area contributed by atoms with Crippen molar-refractivity contribution in [1.29, 1.82) is 0 Å². The second-order valence-corrected chi connectivity index (χ2v) is 11.3. The number of pyridine rings is 1. The van der Waals surface area contributed by atoms with Crippen LogP contribution in [0.2, 0.25) is 0 Å². The summed E-state index contributed by atoms with van der Waals surface area (Å²) in [6.07, 6.45) is 7.36. The number of rotatable bonds is 1. The van der Waals surface area contributed by atoms with E-state index in [4.69, 9.17) is 4.74 Å². The van der Waals surface area contributed by atoms with E-state index in [-0.39, 0.29) is 0 Å². The zero-order valence-corrected chi connectivity index (χ0v) is 20.8. The van der Waals surface area contributed by atoms with E-state index in [9.17, 15) is 0 Å². The van der Waals surface area contributed by atoms with Crippen LogP contribution in [0.4, 0.5) is 0 Å². The highest BCUT2D eigenvalue weighted by Gasteiger charge is 2.34. The van der Waals surface area contributed by atoms with Crippen LogP contribution < -0.4 is 9.30 Å². The Morgan fingerprint density at radius 1 is 0.909 bits per heavy atom. The van der Waals surface area contributed by atoms with Crippen LogP contribution in [-0.4, -0.2) is 0 Å². The van der Waals surface area contributed by atoms with Gasteiger partial charge in [0.1, 0.15) is 18.5 Å². The van der Waals surface area contributed by atoms with Crippen molar-refractivity contribution < 1.29 is 9.30 Å². The highest BCUT2D eigenvalue weighted by Crippen LogP contribution is 2.52. The molecule has 0 radical (unpaired) electrons. The number of aryl methyl sites for hydroxylation is 4. The van der Waals surface area contributed by atoms with Crippen LogP contribution in [-0.2, 0) is 7.05 Å². The molecule has 0 spiro atoms. The number of nitrogens with zero attached hydrogens (tertiary/aromatic N) is 1. The number of aromatic nitrogens is 1. The van der Waals surface area contributed by atoms with Crippen LogP contribution in [0.25, 0.3) is 32.8 Å². The molecule has 1 aromatic heterocycles. The van der Waals surface area contributed by atoms with Crippen LogP contribution >= 0.6 is 0 Å². The third-order valence-electron chi connectivity index (χ3n) is 8.41. The molecule has 1 saturated carbocycles. The summed E-state index contributed by atoms with van der Waals surface area (Å²) in [7, 11) is 2.17. The van der Waals surface area contributed by atoms with Gasteiger partial charge in [-0.2, -0.15) is 0 Å². The molecule has 1 fully saturated rings. The maximum Gasteiger partial charge on any atom is 0.228 e. The van der Waals surface area contributed by atoms with E-state index in [0.717, 1.165) is 11.5 Å². The maximum atomic E-state index is 6.81. The van der Waals surface area contributed by atoms with E-state index >= 15 is 0 Å². The molecule has 0 bridgehead atoms. The first kappa shape index (κ1) is 20.7. The summed E-state index contributed by atoms with van der Waals surface area (Å²) >= 11 is 0. The smallest absolute Gasteiger partial charge is 0.228 e. The lowest BCUT2D eigenvalue weighted by molar-refractivity contribution is -0.659. The molecule has 6 rings (SSSR count). The van der Waals surface area contributed by atoms with Gasteiger partial charge in [0.25, 0.3) is 0 Å². The van der Waals surface area contributed by atoms with Crippen LogP contribution in [0, 0.1) is 26.2 Å². The minimum atomic E-state index is 0.478. The summed E-state index contributed by atoms with van der Waals surface area (Å²) in [5.41, 5.74) is 8.29. The summed E-state index contributed by atoms with van der Waals surface area (Å²) in [5.74, 6) is 2.69. The summed E-state index contributed by atoms with van der Waals surface area (Å²) in [6, 6.07) is 13.8. The molecule has 2 aliphatic rings. The fourth-order valence-electron chi connectivity index (χ4n) is 6.27. The van der Waals surface area contributed by atoms with E-state index in [2.05, 4.69) is 88.8 Å². The summed E-state index contributed by atoms with van der Waals surface area (Å²) in [6.45, 7) is 11.5. The molecule has 0 amide bonds. The minimum absolute atomic E-state index is 0.478. The largest absolute Gasteiger partial charge is 0.455 e. The van der Waals surface area contributed by atoms with E-state index in [1.165, 1.54) is 80.7 Å². The molecule has 1 aliphatic carbocycles. The van der Waals surface area contributed by atoms with Gasteiger partial charge < -0.3 is 4.74 Å². The molecule has 2 heteroatoms. The Morgan fingerprint density at radius 2 is 1.67 bits per heavy atom. The predicted molar refractivity (Wildman–Crippen MR) is 137 cm³/mol. The van der Waals surface area contributed by atoms with Crippen molar-refractivity contribution in [3.05, 3.63) is 64.8 Å². The quantitative estimate of drug-likeness (QED) is 0.241. The van der Waals surface area contributed by atoms with Gasteiger partial charge in [-0.1, -0.05) is 43.7 Å². The Kier molecular flexibility index (Phi) is 4.43. The molecule has 0 N–H and O–H groups in total. The Morgan fingerprint density at radius 3 is 2.42 bits per heavy atom. The molecule has 33 heavy (non-hydrogen) atoms. The normalized spacial score (nSPS) is 17.3. The number of hydrogen-bond donors (Lipinski definition) is 0. The van der Waals surface area contributed by atoms with E-state index in [0.29, 0.717) is 11.3 Å². The van der Waals surface area contributed by atoms with Crippen molar-refractivity contribution in [3.8, 4) is 22.8 Å². The molecule has 0 unspecified atom stereocenters. The van der Waals surface area contributed by atoms with Crippen molar-refractivity contribution >= 4 is 21.5 Å². The first-order valence-corrected chi connectivity index (χ1v) is 12.4. The second kappa shape index (κ2) is 7.06. The molecule has 0 atom stereocenters. The van der Waals surface area contributed by atoms with Gasteiger partial charge in [-0.05, 0) is 91.1 Å². The van der Waals surface area contributed by atoms with E-state index in [1.54, 1.807) is 0 Å². The molecule has 1 aliphatic heterocycles. The standard InChI is InChI=1S/C31H34NO/c1-18-7-8-24-20(3)30-27(19(2)25(24)15-18)29-28-22(11-14-32(29)6)16-23(17-26(28)33-30)21-9-12-31(4,5)13-10-21/h7-8,11,14-17,21H,9-10,12-13H2,1-6H3/q+1. The van der Waals surface area contributed by atoms with Gasteiger partial charge >= 0.3 is 0 Å². The number of benzene rings is 3. The molecule has 3 aromatic carbocycles. The predicted octanol–water partition coefficient (Wildman–Crippen LogP) is 8.20. The highest BCUT2D eigenvalue weighted by atomic mass is 16.5. The Bertz CT molecular complexity index is 1450. The van der Waals surface area contributed by atoms with E-state index in [1.807, 2.05) is 0 Å². The summed E-state index contributed by atoms with van der Waals surface area (Å²) < 4.78 is 9.10. The van der Waals surface area contributed by atoms with Crippen molar-refractivity contribution in [3.63, 3.8) is 0 Å². The van der Waals surface area contributed by atoms with Crippen molar-refractivity contribution in [2.75, 3.05) is 0 Å². The zero-order valence-electron chi connectivity index (χ0n) is 20.8. The van der Waals surface area contributed by atoms with Crippen molar-refractivity contribution in [2.45, 2.75) is 66.2 Å². The van der Waals surface area contributed by atoms with Crippen LogP contribution in [0.5, 0.6) is 11.5 Å². The van der Waals surface area contributed by atoms with Crippen LogP contribution in [0.3, 0.4) is 0 Å². The Balaban J connectivity index is 1.60. The number of ether oxygens (including phenoxy) is 1. The van der Waals surface area contributed by atoms with Crippen molar-refractivity contribution in [1.82, 2.24) is 0 Å².